The van der Waals surface area contributed by atoms with Gasteiger partial charge in [0.2, 0.25) is 0 Å². The van der Waals surface area contributed by atoms with E-state index >= 15 is 0 Å². The number of hydrogen-bond donors (Lipinski definition) is 2. The van der Waals surface area contributed by atoms with Crippen LogP contribution in [0.15, 0.2) is 30.6 Å². The molecule has 0 unspecified atom stereocenters. The first-order valence-corrected chi connectivity index (χ1v) is 9.78. The zero-order valence-electron chi connectivity index (χ0n) is 16.6. The van der Waals surface area contributed by atoms with Gasteiger partial charge in [-0.3, -0.25) is 0 Å². The number of H-pyrrole nitrogens is 1. The molecule has 0 amide bonds. The average Bonchev–Trinajstić information content (AvgIpc) is 3.26. The van der Waals surface area contributed by atoms with Crippen LogP contribution in [-0.4, -0.2) is 39.5 Å². The van der Waals surface area contributed by atoms with Crippen LogP contribution in [0.2, 0.25) is 0 Å². The molecule has 3 aromatic rings. The van der Waals surface area contributed by atoms with Crippen LogP contribution in [0.4, 0.5) is 8.78 Å². The summed E-state index contributed by atoms with van der Waals surface area (Å²) in [6, 6.07) is 5.87. The summed E-state index contributed by atoms with van der Waals surface area (Å²) in [6.45, 7) is 5.82. The fourth-order valence-corrected chi connectivity index (χ4v) is 4.13. The summed E-state index contributed by atoms with van der Waals surface area (Å²) in [5.74, 6) is -1.79. The number of aryl methyl sites for hydroxylation is 2. The Morgan fingerprint density at radius 3 is 2.55 bits per heavy atom. The maximum absolute atomic E-state index is 13.9. The van der Waals surface area contributed by atoms with Gasteiger partial charge in [0.05, 0.1) is 30.0 Å². The number of nitrogens with one attached hydrogen (secondary N) is 1. The fourth-order valence-electron chi connectivity index (χ4n) is 4.13. The number of aromatic amines is 1. The molecule has 2 aromatic heterocycles. The molecule has 1 aliphatic rings. The smallest absolute Gasteiger partial charge is 0.159 e. The van der Waals surface area contributed by atoms with Gasteiger partial charge in [-0.05, 0) is 56.5 Å². The molecule has 1 aromatic carbocycles. The van der Waals surface area contributed by atoms with Crippen LogP contribution in [0.3, 0.4) is 0 Å². The summed E-state index contributed by atoms with van der Waals surface area (Å²) in [7, 11) is 0. The van der Waals surface area contributed by atoms with E-state index in [0.29, 0.717) is 31.0 Å². The van der Waals surface area contributed by atoms with E-state index in [1.54, 1.807) is 6.33 Å². The van der Waals surface area contributed by atoms with Gasteiger partial charge in [-0.1, -0.05) is 0 Å². The van der Waals surface area contributed by atoms with Crippen LogP contribution < -0.4 is 0 Å². The van der Waals surface area contributed by atoms with E-state index < -0.39 is 11.6 Å². The van der Waals surface area contributed by atoms with Crippen molar-refractivity contribution in [3.63, 3.8) is 0 Å². The molecule has 0 aliphatic carbocycles. The van der Waals surface area contributed by atoms with Gasteiger partial charge in [0.1, 0.15) is 0 Å². The molecular weight excluding hydrogens is 376 g/mol. The van der Waals surface area contributed by atoms with Gasteiger partial charge in [-0.25, -0.2) is 13.8 Å². The molecule has 0 bridgehead atoms. The van der Waals surface area contributed by atoms with Crippen LogP contribution in [0, 0.1) is 30.9 Å². The molecule has 1 saturated heterocycles. The number of aromatic nitrogens is 3. The molecule has 5 nitrogen and oxygen atoms in total. The summed E-state index contributed by atoms with van der Waals surface area (Å²) >= 11 is 0. The second-order valence-electron chi connectivity index (χ2n) is 7.98. The van der Waals surface area contributed by atoms with Crippen LogP contribution in [0.5, 0.6) is 0 Å². The lowest BCUT2D eigenvalue weighted by atomic mass is 9.81. The van der Waals surface area contributed by atoms with Crippen molar-refractivity contribution in [3.05, 3.63) is 53.5 Å². The van der Waals surface area contributed by atoms with Gasteiger partial charge in [0.25, 0.3) is 0 Å². The van der Waals surface area contributed by atoms with Gasteiger partial charge < -0.3 is 19.4 Å². The molecule has 0 spiro atoms. The van der Waals surface area contributed by atoms with E-state index in [4.69, 9.17) is 4.74 Å². The molecule has 2 N–H and O–H groups in total. The van der Waals surface area contributed by atoms with Crippen molar-refractivity contribution in [1.29, 1.82) is 0 Å². The van der Waals surface area contributed by atoms with Gasteiger partial charge in [-0.2, -0.15) is 0 Å². The number of benzene rings is 1. The second kappa shape index (κ2) is 7.72. The van der Waals surface area contributed by atoms with Crippen molar-refractivity contribution in [2.75, 3.05) is 19.8 Å². The number of imidazole rings is 1. The molecule has 1 aliphatic heterocycles. The maximum atomic E-state index is 13.9. The third kappa shape index (κ3) is 3.72. The summed E-state index contributed by atoms with van der Waals surface area (Å²) in [5.41, 5.74) is 4.53. The fraction of sp³-hybridized carbons (Fsp3) is 0.409. The topological polar surface area (TPSA) is 63.1 Å². The van der Waals surface area contributed by atoms with Gasteiger partial charge >= 0.3 is 0 Å². The molecule has 0 saturated carbocycles. The molecule has 3 heterocycles. The highest BCUT2D eigenvalue weighted by Gasteiger charge is 2.34. The van der Waals surface area contributed by atoms with Gasteiger partial charge in [-0.15, -0.1) is 0 Å². The minimum Gasteiger partial charge on any atom is -0.396 e. The predicted octanol–water partition coefficient (Wildman–Crippen LogP) is 4.23. The Hall–Kier alpha value is -2.51. The first-order chi connectivity index (χ1) is 13.9. The Morgan fingerprint density at radius 2 is 1.93 bits per heavy atom. The Kier molecular flexibility index (Phi) is 5.27. The molecule has 7 heteroatoms. The number of aliphatic hydroxyl groups excluding tert-OH is 1. The first kappa shape index (κ1) is 19.8. The number of hydrogen-bond acceptors (Lipinski definition) is 3. The van der Waals surface area contributed by atoms with E-state index in [0.717, 1.165) is 41.6 Å². The van der Waals surface area contributed by atoms with Crippen molar-refractivity contribution in [3.8, 4) is 22.6 Å². The van der Waals surface area contributed by atoms with Crippen LogP contribution in [-0.2, 0) is 11.3 Å². The largest absolute Gasteiger partial charge is 0.396 e. The minimum atomic E-state index is -0.904. The number of aliphatic hydroxyl groups is 1. The quantitative estimate of drug-likeness (QED) is 0.673. The number of nitrogens with zero attached hydrogens (tertiary/aromatic N) is 2. The zero-order valence-corrected chi connectivity index (χ0v) is 16.6. The van der Waals surface area contributed by atoms with E-state index in [-0.39, 0.29) is 12.0 Å². The molecule has 4 rings (SSSR count). The Bertz CT molecular complexity index is 1020. The predicted molar refractivity (Wildman–Crippen MR) is 106 cm³/mol. The Labute approximate surface area is 168 Å². The zero-order chi connectivity index (χ0) is 20.6. The van der Waals surface area contributed by atoms with E-state index in [1.807, 2.05) is 24.5 Å². The molecule has 29 heavy (non-hydrogen) atoms. The van der Waals surface area contributed by atoms with Crippen LogP contribution >= 0.6 is 0 Å². The number of ether oxygens (including phenoxy) is 1. The van der Waals surface area contributed by atoms with Crippen molar-refractivity contribution >= 4 is 0 Å². The Balaban J connectivity index is 1.84. The van der Waals surface area contributed by atoms with Crippen molar-refractivity contribution in [2.24, 2.45) is 5.41 Å². The minimum absolute atomic E-state index is 0.0528. The SMILES string of the molecule is Cc1cc(C)c(-c2c(-c3ccc(F)c(F)c3)ncn2CC2(CO)CCOCC2)[nH]1. The lowest BCUT2D eigenvalue weighted by molar-refractivity contribution is -0.0250. The second-order valence-corrected chi connectivity index (χ2v) is 7.98. The van der Waals surface area contributed by atoms with Gasteiger partial charge in [0, 0.05) is 36.4 Å². The van der Waals surface area contributed by atoms with Crippen molar-refractivity contribution in [2.45, 2.75) is 33.2 Å². The number of halogens is 2. The van der Waals surface area contributed by atoms with Crippen molar-refractivity contribution in [1.82, 2.24) is 14.5 Å². The maximum Gasteiger partial charge on any atom is 0.159 e. The van der Waals surface area contributed by atoms with E-state index in [9.17, 15) is 13.9 Å². The summed E-state index contributed by atoms with van der Waals surface area (Å²) in [5, 5.41) is 10.1. The molecule has 0 radical (unpaired) electrons. The van der Waals surface area contributed by atoms with Gasteiger partial charge in [0.15, 0.2) is 11.6 Å². The molecule has 0 atom stereocenters. The van der Waals surface area contributed by atoms with Crippen LogP contribution in [0.25, 0.3) is 22.6 Å². The Morgan fingerprint density at radius 1 is 1.17 bits per heavy atom. The lowest BCUT2D eigenvalue weighted by Gasteiger charge is -2.36. The first-order valence-electron chi connectivity index (χ1n) is 9.78. The highest BCUT2D eigenvalue weighted by molar-refractivity contribution is 5.78. The highest BCUT2D eigenvalue weighted by Crippen LogP contribution is 2.38. The average molecular weight is 401 g/mol. The monoisotopic (exact) mass is 401 g/mol. The third-order valence-electron chi connectivity index (χ3n) is 5.81. The molecule has 154 valence electrons. The number of rotatable bonds is 5. The standard InChI is InChI=1S/C22H25F2N3O2/c1-14-9-15(2)26-19(14)21-20(16-3-4-17(23)18(24)10-16)25-13-27(21)11-22(12-28)5-7-29-8-6-22/h3-4,9-10,13,26,28H,5-8,11-12H2,1-2H3. The van der Waals surface area contributed by atoms with E-state index in [2.05, 4.69) is 9.97 Å². The molecular formula is C22H25F2N3O2. The summed E-state index contributed by atoms with van der Waals surface area (Å²) in [6.07, 6.45) is 3.23. The van der Waals surface area contributed by atoms with Crippen molar-refractivity contribution < 1.29 is 18.6 Å². The summed E-state index contributed by atoms with van der Waals surface area (Å²) in [4.78, 5) is 7.93. The third-order valence-corrected chi connectivity index (χ3v) is 5.81. The molecule has 1 fully saturated rings. The van der Waals surface area contributed by atoms with E-state index in [1.165, 1.54) is 12.1 Å². The highest BCUT2D eigenvalue weighted by atomic mass is 19.2. The lowest BCUT2D eigenvalue weighted by Crippen LogP contribution is -2.37. The van der Waals surface area contributed by atoms with Crippen LogP contribution in [0.1, 0.15) is 24.1 Å². The normalized spacial score (nSPS) is 16.3. The summed E-state index contributed by atoms with van der Waals surface area (Å²) < 4.78 is 34.9.